The molecule has 17 heavy (non-hydrogen) atoms. The van der Waals surface area contributed by atoms with Crippen LogP contribution in [0.25, 0.3) is 0 Å². The molecule has 0 fully saturated rings. The quantitative estimate of drug-likeness (QED) is 0.841. The second kappa shape index (κ2) is 6.25. The number of benzene rings is 1. The number of nitrogens with one attached hydrogen (secondary N) is 1. The maximum absolute atomic E-state index is 11.7. The van der Waals surface area contributed by atoms with Crippen molar-refractivity contribution in [2.24, 2.45) is 0 Å². The molecule has 1 aromatic carbocycles. The SMILES string of the molecule is CCN(CC)C(=O)C(=O)Nc1cccc(Cl)c1. The number of rotatable bonds is 3. The van der Waals surface area contributed by atoms with Crippen LogP contribution in [0, 0.1) is 0 Å². The summed E-state index contributed by atoms with van der Waals surface area (Å²) in [6.07, 6.45) is 0. The summed E-state index contributed by atoms with van der Waals surface area (Å²) in [6, 6.07) is 6.68. The van der Waals surface area contributed by atoms with Gasteiger partial charge in [-0.05, 0) is 32.0 Å². The standard InChI is InChI=1S/C12H15ClN2O2/c1-3-15(4-2)12(17)11(16)14-10-7-5-6-9(13)8-10/h5-8H,3-4H2,1-2H3,(H,14,16). The first-order chi connectivity index (χ1) is 8.08. The number of likely N-dealkylation sites (N-methyl/N-ethyl adjacent to an activating group) is 1. The Kier molecular flexibility index (Phi) is 4.97. The van der Waals surface area contributed by atoms with E-state index < -0.39 is 11.8 Å². The molecule has 0 aliphatic rings. The van der Waals surface area contributed by atoms with E-state index in [2.05, 4.69) is 5.32 Å². The Morgan fingerprint density at radius 1 is 1.29 bits per heavy atom. The predicted molar refractivity (Wildman–Crippen MR) is 68.0 cm³/mol. The number of amides is 2. The fraction of sp³-hybridized carbons (Fsp3) is 0.333. The van der Waals surface area contributed by atoms with Crippen LogP contribution in [0.4, 0.5) is 5.69 Å². The minimum Gasteiger partial charge on any atom is -0.335 e. The van der Waals surface area contributed by atoms with Crippen LogP contribution in [0.15, 0.2) is 24.3 Å². The molecule has 1 aromatic rings. The summed E-state index contributed by atoms with van der Waals surface area (Å²) in [4.78, 5) is 24.8. The number of halogens is 1. The molecule has 92 valence electrons. The van der Waals surface area contributed by atoms with Gasteiger partial charge in [-0.3, -0.25) is 9.59 Å². The number of nitrogens with zero attached hydrogens (tertiary/aromatic N) is 1. The van der Waals surface area contributed by atoms with E-state index in [9.17, 15) is 9.59 Å². The molecule has 0 spiro atoms. The number of carbonyl (C=O) groups is 2. The molecule has 1 rings (SSSR count). The third kappa shape index (κ3) is 3.75. The van der Waals surface area contributed by atoms with E-state index in [-0.39, 0.29) is 0 Å². The fourth-order valence-electron chi connectivity index (χ4n) is 1.41. The Bertz CT molecular complexity index is 417. The number of hydrogen-bond acceptors (Lipinski definition) is 2. The topological polar surface area (TPSA) is 49.4 Å². The van der Waals surface area contributed by atoms with Crippen LogP contribution in [-0.4, -0.2) is 29.8 Å². The second-order valence-electron chi connectivity index (χ2n) is 3.44. The first-order valence-electron chi connectivity index (χ1n) is 5.44. The van der Waals surface area contributed by atoms with Crippen molar-refractivity contribution in [2.75, 3.05) is 18.4 Å². The zero-order chi connectivity index (χ0) is 12.8. The highest BCUT2D eigenvalue weighted by Gasteiger charge is 2.19. The first kappa shape index (κ1) is 13.5. The summed E-state index contributed by atoms with van der Waals surface area (Å²) in [5.41, 5.74) is 0.517. The second-order valence-corrected chi connectivity index (χ2v) is 3.88. The summed E-state index contributed by atoms with van der Waals surface area (Å²) in [7, 11) is 0. The number of hydrogen-bond donors (Lipinski definition) is 1. The molecule has 0 aliphatic carbocycles. The van der Waals surface area contributed by atoms with Gasteiger partial charge in [0.1, 0.15) is 0 Å². The Morgan fingerprint density at radius 2 is 1.94 bits per heavy atom. The van der Waals surface area contributed by atoms with E-state index in [1.165, 1.54) is 4.90 Å². The lowest BCUT2D eigenvalue weighted by molar-refractivity contribution is -0.142. The summed E-state index contributed by atoms with van der Waals surface area (Å²) in [5, 5.41) is 3.03. The van der Waals surface area contributed by atoms with Gasteiger partial charge in [0.2, 0.25) is 0 Å². The zero-order valence-corrected chi connectivity index (χ0v) is 10.6. The third-order valence-corrected chi connectivity index (χ3v) is 2.56. The molecule has 0 heterocycles. The van der Waals surface area contributed by atoms with Gasteiger partial charge >= 0.3 is 11.8 Å². The van der Waals surface area contributed by atoms with E-state index in [0.717, 1.165) is 0 Å². The maximum atomic E-state index is 11.7. The van der Waals surface area contributed by atoms with Gasteiger partial charge in [0.25, 0.3) is 0 Å². The molecule has 0 radical (unpaired) electrons. The molecule has 0 atom stereocenters. The van der Waals surface area contributed by atoms with Crippen LogP contribution in [0.2, 0.25) is 5.02 Å². The van der Waals surface area contributed by atoms with Crippen molar-refractivity contribution in [3.8, 4) is 0 Å². The lowest BCUT2D eigenvalue weighted by atomic mass is 10.3. The molecule has 0 aliphatic heterocycles. The summed E-state index contributed by atoms with van der Waals surface area (Å²) in [6.45, 7) is 4.68. The molecule has 0 bridgehead atoms. The molecule has 0 aromatic heterocycles. The summed E-state index contributed by atoms with van der Waals surface area (Å²) in [5.74, 6) is -1.18. The van der Waals surface area contributed by atoms with Gasteiger partial charge in [0.05, 0.1) is 0 Å². The molecule has 2 amide bonds. The first-order valence-corrected chi connectivity index (χ1v) is 5.82. The average Bonchev–Trinajstić information content (AvgIpc) is 2.30. The van der Waals surface area contributed by atoms with Crippen LogP contribution < -0.4 is 5.32 Å². The van der Waals surface area contributed by atoms with Crippen molar-refractivity contribution >= 4 is 29.1 Å². The van der Waals surface area contributed by atoms with Crippen LogP contribution in [-0.2, 0) is 9.59 Å². The minimum absolute atomic E-state index is 0.512. The van der Waals surface area contributed by atoms with Crippen molar-refractivity contribution in [1.29, 1.82) is 0 Å². The van der Waals surface area contributed by atoms with Gasteiger partial charge in [-0.15, -0.1) is 0 Å². The van der Waals surface area contributed by atoms with E-state index in [0.29, 0.717) is 23.8 Å². The van der Waals surface area contributed by atoms with Crippen molar-refractivity contribution in [3.63, 3.8) is 0 Å². The lowest BCUT2D eigenvalue weighted by Gasteiger charge is -2.17. The van der Waals surface area contributed by atoms with E-state index in [4.69, 9.17) is 11.6 Å². The highest BCUT2D eigenvalue weighted by atomic mass is 35.5. The van der Waals surface area contributed by atoms with Gasteiger partial charge in [0.15, 0.2) is 0 Å². The van der Waals surface area contributed by atoms with Crippen molar-refractivity contribution in [3.05, 3.63) is 29.3 Å². The summed E-state index contributed by atoms with van der Waals surface area (Å²) >= 11 is 5.78. The van der Waals surface area contributed by atoms with Crippen LogP contribution >= 0.6 is 11.6 Å². The van der Waals surface area contributed by atoms with E-state index >= 15 is 0 Å². The minimum atomic E-state index is -0.643. The van der Waals surface area contributed by atoms with Gasteiger partial charge < -0.3 is 10.2 Å². The average molecular weight is 255 g/mol. The zero-order valence-electron chi connectivity index (χ0n) is 9.87. The molecule has 0 saturated heterocycles. The van der Waals surface area contributed by atoms with Crippen molar-refractivity contribution in [2.45, 2.75) is 13.8 Å². The molecule has 4 nitrogen and oxygen atoms in total. The summed E-state index contributed by atoms with van der Waals surface area (Å²) < 4.78 is 0. The van der Waals surface area contributed by atoms with Gasteiger partial charge in [0, 0.05) is 23.8 Å². The fourth-order valence-corrected chi connectivity index (χ4v) is 1.60. The number of carbonyl (C=O) groups excluding carboxylic acids is 2. The van der Waals surface area contributed by atoms with Gasteiger partial charge in [-0.2, -0.15) is 0 Å². The Balaban J connectivity index is 2.69. The van der Waals surface area contributed by atoms with Crippen LogP contribution in [0.1, 0.15) is 13.8 Å². The van der Waals surface area contributed by atoms with E-state index in [1.807, 2.05) is 13.8 Å². The normalized spacial score (nSPS) is 9.82. The predicted octanol–water partition coefficient (Wildman–Crippen LogP) is 2.15. The van der Waals surface area contributed by atoms with Crippen LogP contribution in [0.5, 0.6) is 0 Å². The van der Waals surface area contributed by atoms with Gasteiger partial charge in [-0.25, -0.2) is 0 Å². The highest BCUT2D eigenvalue weighted by molar-refractivity contribution is 6.39. The van der Waals surface area contributed by atoms with Gasteiger partial charge in [-0.1, -0.05) is 17.7 Å². The molecule has 1 N–H and O–H groups in total. The monoisotopic (exact) mass is 254 g/mol. The Morgan fingerprint density at radius 3 is 2.47 bits per heavy atom. The molecule has 0 saturated carbocycles. The lowest BCUT2D eigenvalue weighted by Crippen LogP contribution is -2.39. The Labute approximate surface area is 106 Å². The molecular formula is C12H15ClN2O2. The maximum Gasteiger partial charge on any atom is 0.313 e. The molecule has 0 unspecified atom stereocenters. The molecule has 5 heteroatoms. The number of anilines is 1. The Hall–Kier alpha value is -1.55. The largest absolute Gasteiger partial charge is 0.335 e. The molecular weight excluding hydrogens is 240 g/mol. The third-order valence-electron chi connectivity index (χ3n) is 2.33. The van der Waals surface area contributed by atoms with Crippen molar-refractivity contribution in [1.82, 2.24) is 4.90 Å². The van der Waals surface area contributed by atoms with Crippen LogP contribution in [0.3, 0.4) is 0 Å². The highest BCUT2D eigenvalue weighted by Crippen LogP contribution is 2.14. The van der Waals surface area contributed by atoms with Crippen molar-refractivity contribution < 1.29 is 9.59 Å². The smallest absolute Gasteiger partial charge is 0.313 e. The van der Waals surface area contributed by atoms with E-state index in [1.54, 1.807) is 24.3 Å².